The van der Waals surface area contributed by atoms with E-state index in [2.05, 4.69) is 21.2 Å². The summed E-state index contributed by atoms with van der Waals surface area (Å²) in [7, 11) is 0. The molecule has 0 aliphatic heterocycles. The third kappa shape index (κ3) is 3.58. The van der Waals surface area contributed by atoms with Crippen molar-refractivity contribution in [2.45, 2.75) is 13.0 Å². The van der Waals surface area contributed by atoms with Gasteiger partial charge in [-0.25, -0.2) is 8.78 Å². The van der Waals surface area contributed by atoms with E-state index in [0.717, 1.165) is 22.2 Å². The Morgan fingerprint density at radius 2 is 1.71 bits per heavy atom. The van der Waals surface area contributed by atoms with Crippen molar-refractivity contribution < 1.29 is 13.6 Å². The molecule has 0 radical (unpaired) electrons. The zero-order chi connectivity index (χ0) is 15.6. The Hall–Kier alpha value is -1.95. The van der Waals surface area contributed by atoms with E-state index in [1.54, 1.807) is 6.92 Å². The second-order valence-corrected chi connectivity index (χ2v) is 5.52. The molecule has 21 heavy (non-hydrogen) atoms. The van der Waals surface area contributed by atoms with Gasteiger partial charge in [-0.15, -0.1) is 0 Å². The molecule has 1 atom stereocenters. The molecule has 3 nitrogen and oxygen atoms in total. The molecule has 2 aromatic carbocycles. The summed E-state index contributed by atoms with van der Waals surface area (Å²) in [6, 6.07) is 8.93. The molecule has 2 rings (SSSR count). The van der Waals surface area contributed by atoms with Gasteiger partial charge in [0.05, 0.1) is 6.04 Å². The molecule has 1 unspecified atom stereocenters. The van der Waals surface area contributed by atoms with Crippen LogP contribution in [0.25, 0.3) is 0 Å². The lowest BCUT2D eigenvalue weighted by atomic mass is 10.1. The second kappa shape index (κ2) is 6.22. The van der Waals surface area contributed by atoms with E-state index in [1.165, 1.54) is 0 Å². The van der Waals surface area contributed by atoms with Crippen LogP contribution in [0.1, 0.15) is 28.9 Å². The molecular formula is C15H13BrF2N2O. The molecule has 0 aliphatic rings. The van der Waals surface area contributed by atoms with Crippen LogP contribution in [0.5, 0.6) is 0 Å². The first kappa shape index (κ1) is 15.4. The van der Waals surface area contributed by atoms with Crippen LogP contribution in [-0.4, -0.2) is 5.91 Å². The van der Waals surface area contributed by atoms with Gasteiger partial charge < -0.3 is 11.1 Å². The highest BCUT2D eigenvalue weighted by atomic mass is 79.9. The minimum atomic E-state index is -0.948. The highest BCUT2D eigenvalue weighted by molar-refractivity contribution is 9.10. The number of hydrogen-bond donors (Lipinski definition) is 2. The van der Waals surface area contributed by atoms with Crippen molar-refractivity contribution in [1.82, 2.24) is 5.32 Å². The first-order valence-electron chi connectivity index (χ1n) is 6.19. The molecule has 0 saturated heterocycles. The number of benzene rings is 2. The standard InChI is InChI=1S/C15H13BrF2N2O/c1-8(9-2-4-11(16)5-3-9)20-15(21)10-6-12(17)14(19)13(18)7-10/h2-8H,19H2,1H3,(H,20,21). The second-order valence-electron chi connectivity index (χ2n) is 4.60. The molecule has 3 N–H and O–H groups in total. The van der Waals surface area contributed by atoms with E-state index in [-0.39, 0.29) is 11.6 Å². The van der Waals surface area contributed by atoms with Crippen LogP contribution < -0.4 is 11.1 Å². The van der Waals surface area contributed by atoms with Crippen molar-refractivity contribution >= 4 is 27.5 Å². The number of halogens is 3. The first-order chi connectivity index (χ1) is 9.88. The minimum absolute atomic E-state index is 0.108. The fourth-order valence-corrected chi connectivity index (χ4v) is 2.09. The van der Waals surface area contributed by atoms with E-state index in [1.807, 2.05) is 24.3 Å². The van der Waals surface area contributed by atoms with Gasteiger partial charge in [0.2, 0.25) is 0 Å². The molecule has 0 fully saturated rings. The first-order valence-corrected chi connectivity index (χ1v) is 6.98. The Morgan fingerprint density at radius 3 is 2.24 bits per heavy atom. The van der Waals surface area contributed by atoms with E-state index >= 15 is 0 Å². The van der Waals surface area contributed by atoms with Crippen LogP contribution in [0.2, 0.25) is 0 Å². The Labute approximate surface area is 129 Å². The van der Waals surface area contributed by atoms with Gasteiger partial charge >= 0.3 is 0 Å². The van der Waals surface area contributed by atoms with Crippen molar-refractivity contribution in [1.29, 1.82) is 0 Å². The van der Waals surface area contributed by atoms with Gasteiger partial charge in [0.1, 0.15) is 17.3 Å². The summed E-state index contributed by atoms with van der Waals surface area (Å²) in [5.74, 6) is -2.46. The number of hydrogen-bond acceptors (Lipinski definition) is 2. The average molecular weight is 355 g/mol. The predicted octanol–water partition coefficient (Wildman–Crippen LogP) is 3.80. The fourth-order valence-electron chi connectivity index (χ4n) is 1.83. The summed E-state index contributed by atoms with van der Waals surface area (Å²) in [4.78, 5) is 12.0. The SMILES string of the molecule is CC(NC(=O)c1cc(F)c(N)c(F)c1)c1ccc(Br)cc1. The van der Waals surface area contributed by atoms with E-state index in [9.17, 15) is 13.6 Å². The molecule has 0 saturated carbocycles. The number of amides is 1. The molecule has 0 bridgehead atoms. The quantitative estimate of drug-likeness (QED) is 0.823. The summed E-state index contributed by atoms with van der Waals surface area (Å²) >= 11 is 3.32. The maximum absolute atomic E-state index is 13.4. The maximum atomic E-state index is 13.4. The van der Waals surface area contributed by atoms with Crippen LogP contribution in [0, 0.1) is 11.6 Å². The third-order valence-corrected chi connectivity index (χ3v) is 3.59. The van der Waals surface area contributed by atoms with Gasteiger partial charge in [-0.2, -0.15) is 0 Å². The lowest BCUT2D eigenvalue weighted by molar-refractivity contribution is 0.0939. The normalized spacial score (nSPS) is 12.0. The Morgan fingerprint density at radius 1 is 1.19 bits per heavy atom. The third-order valence-electron chi connectivity index (χ3n) is 3.06. The van der Waals surface area contributed by atoms with Crippen molar-refractivity contribution in [3.8, 4) is 0 Å². The Balaban J connectivity index is 2.16. The molecule has 6 heteroatoms. The van der Waals surface area contributed by atoms with Crippen LogP contribution >= 0.6 is 15.9 Å². The monoisotopic (exact) mass is 354 g/mol. The van der Waals surface area contributed by atoms with Gasteiger partial charge in [-0.3, -0.25) is 4.79 Å². The fraction of sp³-hybridized carbons (Fsp3) is 0.133. The molecule has 0 aromatic heterocycles. The van der Waals surface area contributed by atoms with E-state index < -0.39 is 23.2 Å². The molecule has 1 amide bonds. The summed E-state index contributed by atoms with van der Waals surface area (Å²) in [5.41, 5.74) is 5.35. The minimum Gasteiger partial charge on any atom is -0.394 e. The van der Waals surface area contributed by atoms with Crippen molar-refractivity contribution in [3.05, 3.63) is 63.6 Å². The van der Waals surface area contributed by atoms with Gasteiger partial charge in [0.25, 0.3) is 5.91 Å². The Bertz CT molecular complexity index is 651. The highest BCUT2D eigenvalue weighted by Gasteiger charge is 2.15. The smallest absolute Gasteiger partial charge is 0.251 e. The van der Waals surface area contributed by atoms with Crippen molar-refractivity contribution in [3.63, 3.8) is 0 Å². The molecule has 110 valence electrons. The number of nitrogen functional groups attached to an aromatic ring is 1. The highest BCUT2D eigenvalue weighted by Crippen LogP contribution is 2.19. The lowest BCUT2D eigenvalue weighted by Crippen LogP contribution is -2.27. The van der Waals surface area contributed by atoms with E-state index in [4.69, 9.17) is 5.73 Å². The largest absolute Gasteiger partial charge is 0.394 e. The van der Waals surface area contributed by atoms with Gasteiger partial charge in [0, 0.05) is 10.0 Å². The van der Waals surface area contributed by atoms with Crippen molar-refractivity contribution in [2.24, 2.45) is 0 Å². The van der Waals surface area contributed by atoms with Gasteiger partial charge in [-0.05, 0) is 36.8 Å². The van der Waals surface area contributed by atoms with Crippen LogP contribution in [0.15, 0.2) is 40.9 Å². The number of nitrogens with two attached hydrogens (primary N) is 1. The molecular weight excluding hydrogens is 342 g/mol. The lowest BCUT2D eigenvalue weighted by Gasteiger charge is -2.15. The molecule has 0 spiro atoms. The molecule has 0 aliphatic carbocycles. The number of carbonyl (C=O) groups is 1. The summed E-state index contributed by atoms with van der Waals surface area (Å²) in [6.07, 6.45) is 0. The predicted molar refractivity (Wildman–Crippen MR) is 80.8 cm³/mol. The zero-order valence-corrected chi connectivity index (χ0v) is 12.7. The number of nitrogens with one attached hydrogen (secondary N) is 1. The molecule has 0 heterocycles. The van der Waals surface area contributed by atoms with Crippen LogP contribution in [-0.2, 0) is 0 Å². The average Bonchev–Trinajstić information content (AvgIpc) is 2.44. The van der Waals surface area contributed by atoms with Gasteiger partial charge in [0.15, 0.2) is 0 Å². The number of anilines is 1. The topological polar surface area (TPSA) is 55.1 Å². The van der Waals surface area contributed by atoms with Crippen LogP contribution in [0.4, 0.5) is 14.5 Å². The summed E-state index contributed by atoms with van der Waals surface area (Å²) in [5, 5.41) is 2.68. The van der Waals surface area contributed by atoms with E-state index in [0.29, 0.717) is 0 Å². The summed E-state index contributed by atoms with van der Waals surface area (Å²) in [6.45, 7) is 1.78. The van der Waals surface area contributed by atoms with Crippen LogP contribution in [0.3, 0.4) is 0 Å². The van der Waals surface area contributed by atoms with Crippen molar-refractivity contribution in [2.75, 3.05) is 5.73 Å². The Kier molecular flexibility index (Phi) is 4.57. The maximum Gasteiger partial charge on any atom is 0.251 e. The van der Waals surface area contributed by atoms with Gasteiger partial charge in [-0.1, -0.05) is 28.1 Å². The summed E-state index contributed by atoms with van der Waals surface area (Å²) < 4.78 is 27.6. The molecule has 2 aromatic rings. The zero-order valence-electron chi connectivity index (χ0n) is 11.2. The number of rotatable bonds is 3. The number of carbonyl (C=O) groups excluding carboxylic acids is 1.